The second-order valence-electron chi connectivity index (χ2n) is 2.24. The summed E-state index contributed by atoms with van der Waals surface area (Å²) in [5.41, 5.74) is 7.83. The molecule has 0 saturated carbocycles. The lowest BCUT2D eigenvalue weighted by molar-refractivity contribution is -0.131. The number of ketones is 1. The molecule has 2 amide bonds. The molecule has 0 radical (unpaired) electrons. The first kappa shape index (κ1) is 11.1. The minimum Gasteiger partial charge on any atom is -0.299 e. The van der Waals surface area contributed by atoms with Crippen molar-refractivity contribution < 1.29 is 14.4 Å². The highest BCUT2D eigenvalue weighted by atomic mass is 16.2. The van der Waals surface area contributed by atoms with E-state index in [0.29, 0.717) is 0 Å². The van der Waals surface area contributed by atoms with E-state index >= 15 is 0 Å². The second-order valence-corrected chi connectivity index (χ2v) is 2.24. The lowest BCUT2D eigenvalue weighted by Crippen LogP contribution is -2.32. The molecule has 0 fully saturated rings. The van der Waals surface area contributed by atoms with E-state index in [2.05, 4.69) is 10.0 Å². The lowest BCUT2D eigenvalue weighted by Gasteiger charge is -1.98. The van der Waals surface area contributed by atoms with Crippen molar-refractivity contribution in [2.24, 2.45) is 5.11 Å². The molecule has 0 aliphatic carbocycles. The molecule has 7 heteroatoms. The van der Waals surface area contributed by atoms with Crippen LogP contribution in [-0.4, -0.2) is 24.1 Å². The Morgan fingerprint density at radius 2 is 2.00 bits per heavy atom. The highest BCUT2D eigenvalue weighted by Gasteiger charge is 2.08. The smallest absolute Gasteiger partial charge is 0.233 e. The molecule has 1 N–H and O–H groups in total. The third-order valence-corrected chi connectivity index (χ3v) is 0.966. The SMILES string of the molecule is CC(=O)CC(=O)NC(=O)CN=[N+]=[N-]. The summed E-state index contributed by atoms with van der Waals surface area (Å²) in [6, 6.07) is 0. The molecular formula is C6H8N4O3. The summed E-state index contributed by atoms with van der Waals surface area (Å²) in [5, 5.41) is 4.82. The molecule has 7 nitrogen and oxygen atoms in total. The van der Waals surface area contributed by atoms with Crippen LogP contribution in [0.3, 0.4) is 0 Å². The Bertz CT molecular complexity index is 266. The number of azide groups is 1. The number of imide groups is 1. The van der Waals surface area contributed by atoms with Gasteiger partial charge in [-0.15, -0.1) is 0 Å². The number of carbonyl (C=O) groups excluding carboxylic acids is 3. The topological polar surface area (TPSA) is 112 Å². The van der Waals surface area contributed by atoms with Crippen molar-refractivity contribution in [2.45, 2.75) is 13.3 Å². The van der Waals surface area contributed by atoms with Gasteiger partial charge in [0, 0.05) is 4.91 Å². The minimum absolute atomic E-state index is 0.339. The number of amides is 2. The van der Waals surface area contributed by atoms with E-state index in [1.807, 2.05) is 5.32 Å². The van der Waals surface area contributed by atoms with Crippen molar-refractivity contribution in [2.75, 3.05) is 6.54 Å². The van der Waals surface area contributed by atoms with E-state index in [1.165, 1.54) is 6.92 Å². The van der Waals surface area contributed by atoms with Crippen molar-refractivity contribution in [1.29, 1.82) is 0 Å². The predicted molar refractivity (Wildman–Crippen MR) is 42.5 cm³/mol. The molecule has 0 aromatic rings. The quantitative estimate of drug-likeness (QED) is 0.285. The third kappa shape index (κ3) is 6.52. The maximum absolute atomic E-state index is 10.7. The van der Waals surface area contributed by atoms with E-state index in [1.54, 1.807) is 0 Å². The van der Waals surface area contributed by atoms with Crippen molar-refractivity contribution in [3.63, 3.8) is 0 Å². The van der Waals surface area contributed by atoms with Crippen LogP contribution in [0, 0.1) is 0 Å². The Labute approximate surface area is 73.7 Å². The van der Waals surface area contributed by atoms with Crippen LogP contribution < -0.4 is 5.32 Å². The summed E-state index contributed by atoms with van der Waals surface area (Å²) in [4.78, 5) is 34.2. The van der Waals surface area contributed by atoms with Crippen molar-refractivity contribution in [3.05, 3.63) is 10.4 Å². The predicted octanol–water partition coefficient (Wildman–Crippen LogP) is -0.0814. The number of hydrogen-bond acceptors (Lipinski definition) is 4. The summed E-state index contributed by atoms with van der Waals surface area (Å²) >= 11 is 0. The van der Waals surface area contributed by atoms with Gasteiger partial charge in [-0.3, -0.25) is 19.7 Å². The molecule has 0 spiro atoms. The van der Waals surface area contributed by atoms with Crippen molar-refractivity contribution in [1.82, 2.24) is 5.32 Å². The molecule has 0 atom stereocenters. The largest absolute Gasteiger partial charge is 0.299 e. The van der Waals surface area contributed by atoms with E-state index in [0.717, 1.165) is 0 Å². The average molecular weight is 184 g/mol. The zero-order valence-corrected chi connectivity index (χ0v) is 6.98. The first-order valence-electron chi connectivity index (χ1n) is 3.39. The fourth-order valence-corrected chi connectivity index (χ4v) is 0.561. The molecular weight excluding hydrogens is 176 g/mol. The van der Waals surface area contributed by atoms with Crippen LogP contribution in [0.4, 0.5) is 0 Å². The van der Waals surface area contributed by atoms with E-state index in [4.69, 9.17) is 5.53 Å². The van der Waals surface area contributed by atoms with Crippen LogP contribution in [0.25, 0.3) is 10.4 Å². The second kappa shape index (κ2) is 5.73. The van der Waals surface area contributed by atoms with E-state index in [9.17, 15) is 14.4 Å². The number of Topliss-reactive ketones (excluding diaryl/α,β-unsaturated/α-hetero) is 1. The number of carbonyl (C=O) groups is 3. The van der Waals surface area contributed by atoms with Crippen LogP contribution in [0.15, 0.2) is 5.11 Å². The molecule has 0 rings (SSSR count). The monoisotopic (exact) mass is 184 g/mol. The molecule has 0 bridgehead atoms. The summed E-state index contributed by atoms with van der Waals surface area (Å²) in [6.07, 6.45) is -0.345. The summed E-state index contributed by atoms with van der Waals surface area (Å²) in [5.74, 6) is -1.75. The Morgan fingerprint density at radius 1 is 1.38 bits per heavy atom. The maximum atomic E-state index is 10.7. The Hall–Kier alpha value is -1.88. The number of nitrogens with zero attached hydrogens (tertiary/aromatic N) is 3. The number of nitrogens with one attached hydrogen (secondary N) is 1. The van der Waals surface area contributed by atoms with Gasteiger partial charge in [0.05, 0.1) is 6.42 Å². The molecule has 0 unspecified atom stereocenters. The van der Waals surface area contributed by atoms with Crippen molar-refractivity contribution in [3.8, 4) is 0 Å². The fraction of sp³-hybridized carbons (Fsp3) is 0.500. The minimum atomic E-state index is -0.718. The highest BCUT2D eigenvalue weighted by molar-refractivity contribution is 6.04. The fourth-order valence-electron chi connectivity index (χ4n) is 0.561. The van der Waals surface area contributed by atoms with E-state index in [-0.39, 0.29) is 12.2 Å². The van der Waals surface area contributed by atoms with Crippen LogP contribution >= 0.6 is 0 Å². The maximum Gasteiger partial charge on any atom is 0.233 e. The normalized spacial score (nSPS) is 8.38. The number of hydrogen-bond donors (Lipinski definition) is 1. The zero-order chi connectivity index (χ0) is 10.3. The Morgan fingerprint density at radius 3 is 2.46 bits per heavy atom. The zero-order valence-electron chi connectivity index (χ0n) is 6.98. The van der Waals surface area contributed by atoms with Crippen LogP contribution in [0.5, 0.6) is 0 Å². The van der Waals surface area contributed by atoms with E-state index < -0.39 is 18.4 Å². The van der Waals surface area contributed by atoms with Crippen LogP contribution in [0.1, 0.15) is 13.3 Å². The van der Waals surface area contributed by atoms with Crippen molar-refractivity contribution >= 4 is 17.6 Å². The third-order valence-electron chi connectivity index (χ3n) is 0.966. The summed E-state index contributed by atoms with van der Waals surface area (Å²) in [6.45, 7) is 0.789. The van der Waals surface area contributed by atoms with Crippen LogP contribution in [-0.2, 0) is 14.4 Å². The van der Waals surface area contributed by atoms with Gasteiger partial charge in [0.1, 0.15) is 12.3 Å². The van der Waals surface area contributed by atoms with Gasteiger partial charge in [-0.05, 0) is 12.5 Å². The molecule has 0 aliphatic rings. The van der Waals surface area contributed by atoms with Crippen LogP contribution in [0.2, 0.25) is 0 Å². The number of rotatable bonds is 4. The molecule has 0 heterocycles. The molecule has 70 valence electrons. The first-order valence-corrected chi connectivity index (χ1v) is 3.39. The van der Waals surface area contributed by atoms with Gasteiger partial charge in [-0.2, -0.15) is 0 Å². The summed E-state index contributed by atoms with van der Waals surface area (Å²) < 4.78 is 0. The van der Waals surface area contributed by atoms with Gasteiger partial charge in [0.15, 0.2) is 0 Å². The standard InChI is InChI=1S/C6H8N4O3/c1-4(11)2-5(12)9-6(13)3-8-10-7/h2-3H2,1H3,(H,9,12,13). The van der Waals surface area contributed by atoms with Gasteiger partial charge < -0.3 is 0 Å². The Kier molecular flexibility index (Phi) is 4.90. The summed E-state index contributed by atoms with van der Waals surface area (Å²) in [7, 11) is 0. The molecule has 0 saturated heterocycles. The van der Waals surface area contributed by atoms with Gasteiger partial charge >= 0.3 is 0 Å². The molecule has 0 aromatic carbocycles. The van der Waals surface area contributed by atoms with Gasteiger partial charge in [-0.1, -0.05) is 5.11 Å². The molecule has 0 aliphatic heterocycles. The first-order chi connectivity index (χ1) is 6.06. The highest BCUT2D eigenvalue weighted by Crippen LogP contribution is 1.82. The Balaban J connectivity index is 3.85. The van der Waals surface area contributed by atoms with Gasteiger partial charge in [0.2, 0.25) is 11.8 Å². The molecule has 13 heavy (non-hydrogen) atoms. The van der Waals surface area contributed by atoms with Gasteiger partial charge in [-0.25, -0.2) is 0 Å². The average Bonchev–Trinajstić information content (AvgIpc) is 1.98. The van der Waals surface area contributed by atoms with Gasteiger partial charge in [0.25, 0.3) is 0 Å². The molecule has 0 aromatic heterocycles. The lowest BCUT2D eigenvalue weighted by atomic mass is 10.3.